The highest BCUT2D eigenvalue weighted by Gasteiger charge is 2.10. The number of hydrogen-bond acceptors (Lipinski definition) is 4. The van der Waals surface area contributed by atoms with Crippen LogP contribution >= 0.6 is 0 Å². The molecule has 2 aromatic carbocycles. The van der Waals surface area contributed by atoms with Gasteiger partial charge in [0.2, 0.25) is 0 Å². The molecule has 1 amide bonds. The average molecular weight is 278 g/mol. The van der Waals surface area contributed by atoms with Crippen molar-refractivity contribution in [2.24, 2.45) is 5.84 Å². The average Bonchev–Trinajstić information content (AvgIpc) is 2.54. The highest BCUT2D eigenvalue weighted by atomic mass is 16.1. The topological polar surface area (TPSA) is 80.0 Å². The molecule has 0 aliphatic rings. The first-order valence-corrected chi connectivity index (χ1v) is 6.50. The van der Waals surface area contributed by atoms with Crippen molar-refractivity contribution in [3.8, 4) is 0 Å². The van der Waals surface area contributed by atoms with E-state index in [0.29, 0.717) is 16.9 Å². The van der Waals surface area contributed by atoms with E-state index in [4.69, 9.17) is 5.84 Å². The Labute approximate surface area is 121 Å². The van der Waals surface area contributed by atoms with Crippen molar-refractivity contribution in [2.45, 2.75) is 0 Å². The van der Waals surface area contributed by atoms with E-state index in [1.165, 1.54) is 0 Å². The van der Waals surface area contributed by atoms with Gasteiger partial charge < -0.3 is 10.7 Å². The van der Waals surface area contributed by atoms with E-state index in [1.807, 2.05) is 36.4 Å². The lowest BCUT2D eigenvalue weighted by Crippen LogP contribution is -2.17. The first kappa shape index (κ1) is 13.1. The van der Waals surface area contributed by atoms with Crippen LogP contribution in [0.15, 0.2) is 60.8 Å². The third-order valence-electron chi connectivity index (χ3n) is 3.18. The van der Waals surface area contributed by atoms with E-state index in [1.54, 1.807) is 24.4 Å². The number of nitrogens with one attached hydrogen (secondary N) is 2. The van der Waals surface area contributed by atoms with Gasteiger partial charge >= 0.3 is 0 Å². The van der Waals surface area contributed by atoms with E-state index in [9.17, 15) is 4.79 Å². The summed E-state index contributed by atoms with van der Waals surface area (Å²) in [6, 6.07) is 16.7. The lowest BCUT2D eigenvalue weighted by molar-refractivity contribution is 0.102. The Hall–Kier alpha value is -2.92. The molecule has 5 nitrogen and oxygen atoms in total. The molecule has 0 radical (unpaired) electrons. The number of carbonyl (C=O) groups is 1. The predicted octanol–water partition coefficient (Wildman–Crippen LogP) is 2.77. The largest absolute Gasteiger partial charge is 0.323 e. The molecule has 21 heavy (non-hydrogen) atoms. The number of hydrogen-bond donors (Lipinski definition) is 3. The van der Waals surface area contributed by atoms with Crippen molar-refractivity contribution in [3.63, 3.8) is 0 Å². The lowest BCUT2D eigenvalue weighted by atomic mass is 10.1. The molecule has 0 fully saturated rings. The van der Waals surface area contributed by atoms with Gasteiger partial charge in [0.25, 0.3) is 5.91 Å². The summed E-state index contributed by atoms with van der Waals surface area (Å²) in [7, 11) is 0. The predicted molar refractivity (Wildman–Crippen MR) is 83.9 cm³/mol. The minimum atomic E-state index is -0.236. The Morgan fingerprint density at radius 2 is 1.81 bits per heavy atom. The number of fused-ring (bicyclic) bond motifs is 1. The molecule has 104 valence electrons. The summed E-state index contributed by atoms with van der Waals surface area (Å²) in [5, 5.41) is 3.80. The fourth-order valence-electron chi connectivity index (χ4n) is 2.14. The maximum absolute atomic E-state index is 12.3. The maximum atomic E-state index is 12.3. The monoisotopic (exact) mass is 278 g/mol. The summed E-state index contributed by atoms with van der Waals surface area (Å²) >= 11 is 0. The number of hydrazine groups is 1. The number of nitrogens with two attached hydrogens (primary N) is 1. The highest BCUT2D eigenvalue weighted by Crippen LogP contribution is 2.19. The molecule has 1 heterocycles. The number of nitrogen functional groups attached to an aromatic ring is 1. The normalized spacial score (nSPS) is 10.3. The van der Waals surface area contributed by atoms with E-state index >= 15 is 0 Å². The van der Waals surface area contributed by atoms with Crippen LogP contribution in [0, 0.1) is 0 Å². The highest BCUT2D eigenvalue weighted by molar-refractivity contribution is 6.08. The first-order chi connectivity index (χ1) is 10.3. The third kappa shape index (κ3) is 2.68. The van der Waals surface area contributed by atoms with Gasteiger partial charge in [0.05, 0.1) is 28.7 Å². The third-order valence-corrected chi connectivity index (χ3v) is 3.18. The van der Waals surface area contributed by atoms with Crippen molar-refractivity contribution in [2.75, 3.05) is 10.7 Å². The lowest BCUT2D eigenvalue weighted by Gasteiger charge is -2.09. The summed E-state index contributed by atoms with van der Waals surface area (Å²) < 4.78 is 0. The Morgan fingerprint density at radius 3 is 2.67 bits per heavy atom. The van der Waals surface area contributed by atoms with Gasteiger partial charge in [-0.05, 0) is 24.3 Å². The van der Waals surface area contributed by atoms with Crippen molar-refractivity contribution >= 4 is 28.2 Å². The van der Waals surface area contributed by atoms with Crippen LogP contribution in [0.25, 0.3) is 10.9 Å². The van der Waals surface area contributed by atoms with E-state index < -0.39 is 0 Å². The molecule has 4 N–H and O–H groups in total. The Balaban J connectivity index is 1.89. The van der Waals surface area contributed by atoms with Crippen LogP contribution in [-0.2, 0) is 0 Å². The molecule has 3 aromatic rings. The zero-order chi connectivity index (χ0) is 14.7. The van der Waals surface area contributed by atoms with Gasteiger partial charge in [-0.2, -0.15) is 0 Å². The molecule has 1 aromatic heterocycles. The number of aromatic nitrogens is 1. The zero-order valence-corrected chi connectivity index (χ0v) is 11.2. The van der Waals surface area contributed by atoms with Gasteiger partial charge in [0.15, 0.2) is 0 Å². The molecule has 0 spiro atoms. The van der Waals surface area contributed by atoms with Crippen LogP contribution < -0.4 is 16.6 Å². The number of rotatable bonds is 3. The second-order valence-corrected chi connectivity index (χ2v) is 4.56. The van der Waals surface area contributed by atoms with Gasteiger partial charge in [0, 0.05) is 5.39 Å². The Kier molecular flexibility index (Phi) is 3.49. The summed E-state index contributed by atoms with van der Waals surface area (Å²) in [4.78, 5) is 16.6. The van der Waals surface area contributed by atoms with Crippen molar-refractivity contribution in [3.05, 3.63) is 66.4 Å². The van der Waals surface area contributed by atoms with Crippen LogP contribution in [0.3, 0.4) is 0 Å². The van der Waals surface area contributed by atoms with Crippen molar-refractivity contribution in [1.29, 1.82) is 0 Å². The Bertz CT molecular complexity index is 801. The van der Waals surface area contributed by atoms with Gasteiger partial charge in [-0.25, -0.2) is 0 Å². The molecule has 0 saturated carbocycles. The first-order valence-electron chi connectivity index (χ1n) is 6.50. The quantitative estimate of drug-likeness (QED) is 0.508. The van der Waals surface area contributed by atoms with E-state index in [2.05, 4.69) is 15.7 Å². The molecular weight excluding hydrogens is 264 g/mol. The molecule has 0 bridgehead atoms. The fraction of sp³-hybridized carbons (Fsp3) is 0. The zero-order valence-electron chi connectivity index (χ0n) is 11.2. The number of amides is 1. The van der Waals surface area contributed by atoms with Crippen LogP contribution in [0.5, 0.6) is 0 Å². The van der Waals surface area contributed by atoms with Crippen molar-refractivity contribution < 1.29 is 4.79 Å². The number of anilines is 2. The minimum Gasteiger partial charge on any atom is -0.323 e. The number of para-hydroxylation sites is 2. The molecular formula is C16H14N4O. The molecule has 3 rings (SSSR count). The summed E-state index contributed by atoms with van der Waals surface area (Å²) in [5.41, 5.74) is 5.10. The Morgan fingerprint density at radius 1 is 1.05 bits per heavy atom. The van der Waals surface area contributed by atoms with Crippen LogP contribution in [0.4, 0.5) is 11.4 Å². The van der Waals surface area contributed by atoms with E-state index in [-0.39, 0.29) is 5.91 Å². The number of carbonyl (C=O) groups excluding carboxylic acids is 1. The number of pyridine rings is 1. The van der Waals surface area contributed by atoms with Gasteiger partial charge in [-0.15, -0.1) is 0 Å². The fourth-order valence-corrected chi connectivity index (χ4v) is 2.14. The number of nitrogens with zero attached hydrogens (tertiary/aromatic N) is 1. The standard InChI is InChI=1S/C16H14N4O/c17-20-15-8-4-2-6-13(15)16(21)19-12-9-11-5-1-3-7-14(11)18-10-12/h1-10,20H,17H2,(H,19,21). The van der Waals surface area contributed by atoms with Gasteiger partial charge in [-0.1, -0.05) is 30.3 Å². The SMILES string of the molecule is NNc1ccccc1C(=O)Nc1cnc2ccccc2c1. The molecule has 0 atom stereocenters. The molecule has 0 saturated heterocycles. The second-order valence-electron chi connectivity index (χ2n) is 4.56. The van der Waals surface area contributed by atoms with Crippen LogP contribution in [0.1, 0.15) is 10.4 Å². The van der Waals surface area contributed by atoms with Crippen molar-refractivity contribution in [1.82, 2.24) is 4.98 Å². The van der Waals surface area contributed by atoms with E-state index in [0.717, 1.165) is 10.9 Å². The molecule has 0 aliphatic carbocycles. The summed E-state index contributed by atoms with van der Waals surface area (Å²) in [5.74, 6) is 5.18. The molecule has 0 unspecified atom stereocenters. The molecule has 0 aliphatic heterocycles. The second kappa shape index (κ2) is 5.60. The minimum absolute atomic E-state index is 0.236. The van der Waals surface area contributed by atoms with Gasteiger partial charge in [0.1, 0.15) is 0 Å². The number of benzene rings is 2. The smallest absolute Gasteiger partial charge is 0.257 e. The summed E-state index contributed by atoms with van der Waals surface area (Å²) in [6.07, 6.45) is 1.64. The van der Waals surface area contributed by atoms with Crippen LogP contribution in [0.2, 0.25) is 0 Å². The van der Waals surface area contributed by atoms with Gasteiger partial charge in [-0.3, -0.25) is 15.6 Å². The maximum Gasteiger partial charge on any atom is 0.257 e. The summed E-state index contributed by atoms with van der Waals surface area (Å²) in [6.45, 7) is 0. The molecule has 5 heteroatoms. The van der Waals surface area contributed by atoms with Crippen LogP contribution in [-0.4, -0.2) is 10.9 Å².